The first-order valence-corrected chi connectivity index (χ1v) is 10.2. The number of aromatic hydroxyl groups is 1. The second-order valence-corrected chi connectivity index (χ2v) is 7.30. The Bertz CT molecular complexity index is 1370. The van der Waals surface area contributed by atoms with E-state index in [1.54, 1.807) is 12.1 Å². The lowest BCUT2D eigenvalue weighted by molar-refractivity contribution is 0.0936. The Kier molecular flexibility index (Phi) is 5.09. The van der Waals surface area contributed by atoms with Crippen LogP contribution in [0, 0.1) is 0 Å². The van der Waals surface area contributed by atoms with Crippen molar-refractivity contribution in [3.05, 3.63) is 114 Å². The molecule has 2 heterocycles. The average Bonchev–Trinajstić information content (AvgIpc) is 3.38. The summed E-state index contributed by atoms with van der Waals surface area (Å²) < 4.78 is 5.36. The number of benzene rings is 3. The van der Waals surface area contributed by atoms with Crippen LogP contribution in [0.5, 0.6) is 5.75 Å². The van der Waals surface area contributed by atoms with Crippen LogP contribution in [-0.2, 0) is 0 Å². The van der Waals surface area contributed by atoms with E-state index in [1.165, 1.54) is 6.20 Å². The van der Waals surface area contributed by atoms with Crippen LogP contribution in [0.3, 0.4) is 0 Å². The van der Waals surface area contributed by atoms with E-state index in [2.05, 4.69) is 15.5 Å². The van der Waals surface area contributed by atoms with Gasteiger partial charge < -0.3 is 14.9 Å². The number of carbonyl (C=O) groups excluding carboxylic acids is 1. The van der Waals surface area contributed by atoms with Gasteiger partial charge in [-0.3, -0.25) is 4.79 Å². The van der Waals surface area contributed by atoms with E-state index in [4.69, 9.17) is 4.52 Å². The Labute approximate surface area is 184 Å². The van der Waals surface area contributed by atoms with Crippen molar-refractivity contribution in [3.8, 4) is 17.0 Å². The number of nitrogens with one attached hydrogen (secondary N) is 1. The molecule has 5 rings (SSSR count). The maximum absolute atomic E-state index is 13.6. The lowest BCUT2D eigenvalue weighted by Gasteiger charge is -2.19. The zero-order valence-corrected chi connectivity index (χ0v) is 17.0. The van der Waals surface area contributed by atoms with Crippen LogP contribution >= 0.6 is 0 Å². The predicted molar refractivity (Wildman–Crippen MR) is 121 cm³/mol. The Morgan fingerprint density at radius 3 is 2.28 bits per heavy atom. The number of para-hydroxylation sites is 1. The van der Waals surface area contributed by atoms with Crippen LogP contribution in [0.2, 0.25) is 0 Å². The summed E-state index contributed by atoms with van der Waals surface area (Å²) in [6, 6.07) is 27.2. The lowest BCUT2D eigenvalue weighted by Crippen LogP contribution is -2.29. The van der Waals surface area contributed by atoms with Gasteiger partial charge in [0.05, 0.1) is 17.3 Å². The van der Waals surface area contributed by atoms with Crippen LogP contribution in [0.4, 0.5) is 0 Å². The van der Waals surface area contributed by atoms with Crippen molar-refractivity contribution < 1.29 is 14.4 Å². The van der Waals surface area contributed by atoms with Gasteiger partial charge in [0.1, 0.15) is 11.7 Å². The van der Waals surface area contributed by atoms with Crippen LogP contribution in [0.15, 0.2) is 102 Å². The molecule has 5 aromatic rings. The summed E-state index contributed by atoms with van der Waals surface area (Å²) in [5.41, 5.74) is 2.68. The minimum atomic E-state index is -0.572. The van der Waals surface area contributed by atoms with Gasteiger partial charge in [-0.25, -0.2) is 4.98 Å². The second-order valence-electron chi connectivity index (χ2n) is 7.30. The van der Waals surface area contributed by atoms with E-state index < -0.39 is 11.9 Å². The number of rotatable bonds is 5. The molecule has 1 atom stereocenters. The number of carbonyl (C=O) groups is 1. The minimum absolute atomic E-state index is 0.162. The number of amides is 1. The third-order valence-corrected chi connectivity index (χ3v) is 5.29. The van der Waals surface area contributed by atoms with Crippen molar-refractivity contribution in [2.45, 2.75) is 6.04 Å². The maximum atomic E-state index is 13.6. The van der Waals surface area contributed by atoms with Crippen LogP contribution in [-0.4, -0.2) is 21.2 Å². The fourth-order valence-electron chi connectivity index (χ4n) is 3.77. The molecule has 0 bridgehead atoms. The van der Waals surface area contributed by atoms with Gasteiger partial charge in [0.25, 0.3) is 5.91 Å². The molecule has 2 N–H and O–H groups in total. The van der Waals surface area contributed by atoms with Crippen molar-refractivity contribution >= 4 is 16.8 Å². The van der Waals surface area contributed by atoms with E-state index in [0.717, 1.165) is 11.1 Å². The number of nitrogens with zero attached hydrogens (tertiary/aromatic N) is 2. The first-order chi connectivity index (χ1) is 15.7. The molecule has 0 aliphatic rings. The highest BCUT2D eigenvalue weighted by atomic mass is 16.5. The Balaban J connectivity index is 1.63. The largest absolute Gasteiger partial charge is 0.505 e. The monoisotopic (exact) mass is 421 g/mol. The Hall–Kier alpha value is -4.45. The molecule has 1 unspecified atom stereocenters. The number of hydrogen-bond acceptors (Lipinski definition) is 5. The van der Waals surface area contributed by atoms with Crippen LogP contribution in [0.25, 0.3) is 22.2 Å². The molecule has 2 aromatic heterocycles. The van der Waals surface area contributed by atoms with Gasteiger partial charge in [-0.15, -0.1) is 0 Å². The molecule has 0 spiro atoms. The zero-order valence-electron chi connectivity index (χ0n) is 17.0. The summed E-state index contributed by atoms with van der Waals surface area (Å²) in [6.07, 6.45) is 1.53. The zero-order chi connectivity index (χ0) is 21.9. The summed E-state index contributed by atoms with van der Waals surface area (Å²) in [5, 5.41) is 18.5. The van der Waals surface area contributed by atoms with E-state index in [-0.39, 0.29) is 11.3 Å². The van der Waals surface area contributed by atoms with Gasteiger partial charge in [-0.05, 0) is 11.6 Å². The van der Waals surface area contributed by atoms with Gasteiger partial charge in [0.15, 0.2) is 11.5 Å². The number of pyridine rings is 1. The standard InChI is InChI=1S/C26H19N3O3/c30-25-22(19-13-7-8-14-20(19)28-24(25)18-11-5-2-6-12-18)26(31)29-23(21-15-16-27-32-21)17-9-3-1-4-10-17/h1-16,23,30H,(H,29,31). The topological polar surface area (TPSA) is 88.2 Å². The molecule has 32 heavy (non-hydrogen) atoms. The van der Waals surface area contributed by atoms with Crippen molar-refractivity contribution in [2.75, 3.05) is 0 Å². The highest BCUT2D eigenvalue weighted by Crippen LogP contribution is 2.36. The molecule has 0 saturated heterocycles. The quantitative estimate of drug-likeness (QED) is 0.411. The third kappa shape index (κ3) is 3.58. The first kappa shape index (κ1) is 19.5. The molecule has 156 valence electrons. The number of aromatic nitrogens is 2. The van der Waals surface area contributed by atoms with Gasteiger partial charge in [-0.2, -0.15) is 0 Å². The summed E-state index contributed by atoms with van der Waals surface area (Å²) in [6.45, 7) is 0. The molecule has 1 amide bonds. The third-order valence-electron chi connectivity index (χ3n) is 5.29. The van der Waals surface area contributed by atoms with Crippen molar-refractivity contribution in [2.24, 2.45) is 0 Å². The van der Waals surface area contributed by atoms with Crippen molar-refractivity contribution in [1.82, 2.24) is 15.5 Å². The van der Waals surface area contributed by atoms with E-state index >= 15 is 0 Å². The van der Waals surface area contributed by atoms with Gasteiger partial charge in [-0.1, -0.05) is 84.0 Å². The second kappa shape index (κ2) is 8.35. The molecule has 3 aromatic carbocycles. The molecule has 0 radical (unpaired) electrons. The Morgan fingerprint density at radius 2 is 1.56 bits per heavy atom. The average molecular weight is 421 g/mol. The van der Waals surface area contributed by atoms with Crippen molar-refractivity contribution in [3.63, 3.8) is 0 Å². The molecule has 0 saturated carbocycles. The fraction of sp³-hybridized carbons (Fsp3) is 0.0385. The fourth-order valence-corrected chi connectivity index (χ4v) is 3.77. The highest BCUT2D eigenvalue weighted by molar-refractivity contribution is 6.10. The van der Waals surface area contributed by atoms with Gasteiger partial charge in [0.2, 0.25) is 0 Å². The summed E-state index contributed by atoms with van der Waals surface area (Å²) >= 11 is 0. The smallest absolute Gasteiger partial charge is 0.256 e. The van der Waals surface area contributed by atoms with E-state index in [9.17, 15) is 9.90 Å². The van der Waals surface area contributed by atoms with Gasteiger partial charge in [0, 0.05) is 17.0 Å². The summed E-state index contributed by atoms with van der Waals surface area (Å²) in [5.74, 6) is -0.119. The lowest BCUT2D eigenvalue weighted by atomic mass is 10.00. The first-order valence-electron chi connectivity index (χ1n) is 10.2. The predicted octanol–water partition coefficient (Wildman–Crippen LogP) is 5.11. The molecule has 0 aliphatic carbocycles. The normalized spacial score (nSPS) is 11.9. The minimum Gasteiger partial charge on any atom is -0.505 e. The highest BCUT2D eigenvalue weighted by Gasteiger charge is 2.26. The number of fused-ring (bicyclic) bond motifs is 1. The summed E-state index contributed by atoms with van der Waals surface area (Å²) in [7, 11) is 0. The van der Waals surface area contributed by atoms with E-state index in [1.807, 2.05) is 78.9 Å². The molecule has 0 aliphatic heterocycles. The maximum Gasteiger partial charge on any atom is 0.256 e. The van der Waals surface area contributed by atoms with E-state index in [0.29, 0.717) is 22.4 Å². The van der Waals surface area contributed by atoms with Crippen molar-refractivity contribution in [1.29, 1.82) is 0 Å². The molecule has 6 nitrogen and oxygen atoms in total. The van der Waals surface area contributed by atoms with Crippen LogP contribution in [0.1, 0.15) is 27.7 Å². The molecular weight excluding hydrogens is 402 g/mol. The molecule has 0 fully saturated rings. The van der Waals surface area contributed by atoms with Gasteiger partial charge >= 0.3 is 0 Å². The molecular formula is C26H19N3O3. The SMILES string of the molecule is O=C(NC(c1ccccc1)c1ccno1)c1c(O)c(-c2ccccc2)nc2ccccc12. The number of hydrogen-bond donors (Lipinski definition) is 2. The Morgan fingerprint density at radius 1 is 0.875 bits per heavy atom. The van der Waals surface area contributed by atoms with Crippen LogP contribution < -0.4 is 5.32 Å². The summed E-state index contributed by atoms with van der Waals surface area (Å²) in [4.78, 5) is 18.2. The molecule has 6 heteroatoms.